The van der Waals surface area contributed by atoms with E-state index in [0.29, 0.717) is 6.04 Å². The van der Waals surface area contributed by atoms with E-state index < -0.39 is 0 Å². The quantitative estimate of drug-likeness (QED) is 0.874. The molecule has 0 aliphatic rings. The van der Waals surface area contributed by atoms with Crippen LogP contribution in [0.3, 0.4) is 0 Å². The van der Waals surface area contributed by atoms with E-state index in [-0.39, 0.29) is 6.04 Å². The van der Waals surface area contributed by atoms with E-state index in [1.807, 2.05) is 12.3 Å². The van der Waals surface area contributed by atoms with Gasteiger partial charge in [-0.25, -0.2) is 0 Å². The minimum Gasteiger partial charge on any atom is -0.305 e. The molecule has 1 heterocycles. The first-order chi connectivity index (χ1) is 8.74. The largest absolute Gasteiger partial charge is 0.305 e. The molecule has 0 spiro atoms. The van der Waals surface area contributed by atoms with Crippen molar-refractivity contribution < 1.29 is 0 Å². The van der Waals surface area contributed by atoms with Gasteiger partial charge in [0.05, 0.1) is 11.7 Å². The lowest BCUT2D eigenvalue weighted by atomic mass is 10.0. The molecule has 0 amide bonds. The van der Waals surface area contributed by atoms with Gasteiger partial charge in [-0.2, -0.15) is 5.10 Å². The summed E-state index contributed by atoms with van der Waals surface area (Å²) in [5.41, 5.74) is 2.50. The zero-order valence-corrected chi connectivity index (χ0v) is 11.3. The van der Waals surface area contributed by atoms with Crippen molar-refractivity contribution in [3.05, 3.63) is 53.9 Å². The Hall–Kier alpha value is -1.61. The third-order valence-electron chi connectivity index (χ3n) is 3.03. The molecule has 0 bridgehead atoms. The molecule has 96 valence electrons. The summed E-state index contributed by atoms with van der Waals surface area (Å²) in [7, 11) is 0. The van der Waals surface area contributed by atoms with Gasteiger partial charge in [-0.05, 0) is 32.0 Å². The molecular formula is C15H21N3. The summed E-state index contributed by atoms with van der Waals surface area (Å²) < 4.78 is 2.08. The van der Waals surface area contributed by atoms with Crippen LogP contribution in [0.25, 0.3) is 0 Å². The normalized spacial score (nSPS) is 12.9. The Bertz CT molecular complexity index is 473. The zero-order valence-electron chi connectivity index (χ0n) is 11.3. The van der Waals surface area contributed by atoms with Crippen LogP contribution in [0.1, 0.15) is 44.1 Å². The van der Waals surface area contributed by atoms with Crippen molar-refractivity contribution in [3.63, 3.8) is 0 Å². The number of rotatable bonds is 5. The highest BCUT2D eigenvalue weighted by atomic mass is 15.3. The smallest absolute Gasteiger partial charge is 0.0748 e. The van der Waals surface area contributed by atoms with Crippen molar-refractivity contribution in [1.29, 1.82) is 0 Å². The summed E-state index contributed by atoms with van der Waals surface area (Å²) in [4.78, 5) is 0. The second-order valence-corrected chi connectivity index (χ2v) is 4.70. The molecule has 1 atom stereocenters. The van der Waals surface area contributed by atoms with E-state index in [9.17, 15) is 0 Å². The summed E-state index contributed by atoms with van der Waals surface area (Å²) in [6.45, 7) is 7.38. The Balaban J connectivity index is 2.39. The molecule has 2 rings (SSSR count). The second-order valence-electron chi connectivity index (χ2n) is 4.70. The first kappa shape index (κ1) is 12.8. The molecule has 18 heavy (non-hydrogen) atoms. The van der Waals surface area contributed by atoms with Crippen LogP contribution in [0.4, 0.5) is 0 Å². The van der Waals surface area contributed by atoms with Crippen LogP contribution in [-0.2, 0) is 0 Å². The highest BCUT2D eigenvalue weighted by Gasteiger charge is 2.18. The molecule has 1 unspecified atom stereocenters. The molecule has 0 radical (unpaired) electrons. The SMILES string of the molecule is CCNC(c1ccccc1)c1ccnn1C(C)C. The standard InChI is InChI=1S/C15H21N3/c1-4-16-15(13-8-6-5-7-9-13)14-10-11-17-18(14)12(2)3/h5-12,15-16H,4H2,1-3H3. The maximum Gasteiger partial charge on any atom is 0.0748 e. The van der Waals surface area contributed by atoms with Gasteiger partial charge in [0.25, 0.3) is 0 Å². The highest BCUT2D eigenvalue weighted by molar-refractivity contribution is 5.27. The third-order valence-corrected chi connectivity index (χ3v) is 3.03. The Morgan fingerprint density at radius 3 is 2.50 bits per heavy atom. The van der Waals surface area contributed by atoms with Crippen LogP contribution in [0.5, 0.6) is 0 Å². The fourth-order valence-corrected chi connectivity index (χ4v) is 2.23. The zero-order chi connectivity index (χ0) is 13.0. The average Bonchev–Trinajstić information content (AvgIpc) is 2.86. The fraction of sp³-hybridized carbons (Fsp3) is 0.400. The Kier molecular flexibility index (Phi) is 4.15. The van der Waals surface area contributed by atoms with Crippen LogP contribution in [-0.4, -0.2) is 16.3 Å². The summed E-state index contributed by atoms with van der Waals surface area (Å²) in [6.07, 6.45) is 1.88. The summed E-state index contributed by atoms with van der Waals surface area (Å²) in [5, 5.41) is 7.96. The first-order valence-corrected chi connectivity index (χ1v) is 6.55. The van der Waals surface area contributed by atoms with Gasteiger partial charge >= 0.3 is 0 Å². The van der Waals surface area contributed by atoms with Gasteiger partial charge in [0.2, 0.25) is 0 Å². The van der Waals surface area contributed by atoms with E-state index in [0.717, 1.165) is 6.54 Å². The Morgan fingerprint density at radius 2 is 1.89 bits per heavy atom. The van der Waals surface area contributed by atoms with E-state index in [2.05, 4.69) is 66.2 Å². The number of hydrogen-bond donors (Lipinski definition) is 1. The molecule has 3 heteroatoms. The van der Waals surface area contributed by atoms with Crippen molar-refractivity contribution in [2.75, 3.05) is 6.54 Å². The van der Waals surface area contributed by atoms with E-state index in [4.69, 9.17) is 0 Å². The molecule has 0 fully saturated rings. The second kappa shape index (κ2) is 5.83. The number of aromatic nitrogens is 2. The van der Waals surface area contributed by atoms with Crippen molar-refractivity contribution in [3.8, 4) is 0 Å². The van der Waals surface area contributed by atoms with Crippen molar-refractivity contribution >= 4 is 0 Å². The number of hydrogen-bond acceptors (Lipinski definition) is 2. The highest BCUT2D eigenvalue weighted by Crippen LogP contribution is 2.23. The van der Waals surface area contributed by atoms with E-state index >= 15 is 0 Å². The van der Waals surface area contributed by atoms with Gasteiger partial charge in [0.15, 0.2) is 0 Å². The number of nitrogens with one attached hydrogen (secondary N) is 1. The van der Waals surface area contributed by atoms with Crippen molar-refractivity contribution in [2.45, 2.75) is 32.9 Å². The Labute approximate surface area is 109 Å². The van der Waals surface area contributed by atoms with E-state index in [1.165, 1.54) is 11.3 Å². The topological polar surface area (TPSA) is 29.9 Å². The van der Waals surface area contributed by atoms with Gasteiger partial charge in [-0.1, -0.05) is 37.3 Å². The molecule has 1 N–H and O–H groups in total. The predicted molar refractivity (Wildman–Crippen MR) is 74.6 cm³/mol. The molecule has 0 saturated carbocycles. The van der Waals surface area contributed by atoms with Gasteiger partial charge in [-0.15, -0.1) is 0 Å². The van der Waals surface area contributed by atoms with Crippen LogP contribution in [0, 0.1) is 0 Å². The molecule has 2 aromatic rings. The van der Waals surface area contributed by atoms with Gasteiger partial charge in [0, 0.05) is 12.2 Å². The van der Waals surface area contributed by atoms with Crippen LogP contribution in [0.2, 0.25) is 0 Å². The first-order valence-electron chi connectivity index (χ1n) is 6.55. The number of benzene rings is 1. The third kappa shape index (κ3) is 2.62. The lowest BCUT2D eigenvalue weighted by molar-refractivity contribution is 0.476. The van der Waals surface area contributed by atoms with Gasteiger partial charge in [0.1, 0.15) is 0 Å². The summed E-state index contributed by atoms with van der Waals surface area (Å²) in [5.74, 6) is 0. The van der Waals surface area contributed by atoms with Crippen molar-refractivity contribution in [2.24, 2.45) is 0 Å². The van der Waals surface area contributed by atoms with Gasteiger partial charge in [-0.3, -0.25) is 4.68 Å². The summed E-state index contributed by atoms with van der Waals surface area (Å²) >= 11 is 0. The monoisotopic (exact) mass is 243 g/mol. The molecule has 0 aliphatic carbocycles. The molecule has 3 nitrogen and oxygen atoms in total. The molecule has 1 aromatic heterocycles. The van der Waals surface area contributed by atoms with Crippen LogP contribution in [0.15, 0.2) is 42.6 Å². The maximum atomic E-state index is 4.42. The Morgan fingerprint density at radius 1 is 1.17 bits per heavy atom. The minimum absolute atomic E-state index is 0.209. The molecule has 1 aromatic carbocycles. The minimum atomic E-state index is 0.209. The number of nitrogens with zero attached hydrogens (tertiary/aromatic N) is 2. The molecular weight excluding hydrogens is 222 g/mol. The average molecular weight is 243 g/mol. The van der Waals surface area contributed by atoms with Crippen molar-refractivity contribution in [1.82, 2.24) is 15.1 Å². The summed E-state index contributed by atoms with van der Waals surface area (Å²) in [6, 6.07) is 13.2. The van der Waals surface area contributed by atoms with Gasteiger partial charge < -0.3 is 5.32 Å². The lowest BCUT2D eigenvalue weighted by Gasteiger charge is -2.21. The van der Waals surface area contributed by atoms with Crippen LogP contribution < -0.4 is 5.32 Å². The fourth-order valence-electron chi connectivity index (χ4n) is 2.23. The molecule has 0 aliphatic heterocycles. The van der Waals surface area contributed by atoms with E-state index in [1.54, 1.807) is 0 Å². The van der Waals surface area contributed by atoms with Crippen LogP contribution >= 0.6 is 0 Å². The maximum absolute atomic E-state index is 4.42. The molecule has 0 saturated heterocycles. The lowest BCUT2D eigenvalue weighted by Crippen LogP contribution is -2.25. The predicted octanol–water partition coefficient (Wildman–Crippen LogP) is 3.16.